The van der Waals surface area contributed by atoms with Crippen LogP contribution in [0.3, 0.4) is 0 Å². The lowest BCUT2D eigenvalue weighted by molar-refractivity contribution is -0.137. The molecule has 2 N–H and O–H groups in total. The molecule has 118 valence electrons. The van der Waals surface area contributed by atoms with Crippen molar-refractivity contribution in [3.05, 3.63) is 6.07 Å². The predicted octanol–water partition coefficient (Wildman–Crippen LogP) is 2.19. The number of aromatic nitrogens is 2. The lowest BCUT2D eigenvalue weighted by Gasteiger charge is -2.25. The third-order valence-electron chi connectivity index (χ3n) is 2.71. The maximum atomic E-state index is 11.0. The number of hydrogen-bond donors (Lipinski definition) is 2. The first-order valence-corrected chi connectivity index (χ1v) is 6.69. The van der Waals surface area contributed by atoms with Crippen LogP contribution in [0, 0.1) is 5.41 Å². The number of nitrogens with zero attached hydrogens (tertiary/aromatic N) is 2. The van der Waals surface area contributed by atoms with E-state index >= 15 is 0 Å². The van der Waals surface area contributed by atoms with E-state index in [9.17, 15) is 4.79 Å². The Morgan fingerprint density at radius 1 is 1.29 bits per heavy atom. The summed E-state index contributed by atoms with van der Waals surface area (Å²) in [5.74, 6) is 0.136. The van der Waals surface area contributed by atoms with E-state index in [4.69, 9.17) is 14.6 Å². The Bertz CT molecular complexity index is 463. The first-order valence-electron chi connectivity index (χ1n) is 6.69. The number of carboxylic acids is 1. The third-order valence-corrected chi connectivity index (χ3v) is 2.71. The normalized spacial score (nSPS) is 12.6. The molecule has 0 saturated heterocycles. The van der Waals surface area contributed by atoms with Gasteiger partial charge >= 0.3 is 5.97 Å². The van der Waals surface area contributed by atoms with Crippen molar-refractivity contribution in [2.24, 2.45) is 5.41 Å². The number of carboxylic acid groups (broad SMARTS) is 1. The summed E-state index contributed by atoms with van der Waals surface area (Å²) in [6.07, 6.45) is 0.655. The van der Waals surface area contributed by atoms with Crippen molar-refractivity contribution in [1.82, 2.24) is 9.97 Å². The monoisotopic (exact) mass is 297 g/mol. The molecular formula is C14H23N3O4. The van der Waals surface area contributed by atoms with E-state index in [1.807, 2.05) is 0 Å². The molecule has 0 bridgehead atoms. The highest BCUT2D eigenvalue weighted by Crippen LogP contribution is 2.25. The Hall–Kier alpha value is -2.05. The number of rotatable bonds is 7. The number of hydrogen-bond acceptors (Lipinski definition) is 6. The fourth-order valence-corrected chi connectivity index (χ4v) is 1.98. The van der Waals surface area contributed by atoms with Gasteiger partial charge in [0, 0.05) is 6.04 Å². The van der Waals surface area contributed by atoms with Gasteiger partial charge in [0.15, 0.2) is 0 Å². The van der Waals surface area contributed by atoms with Crippen molar-refractivity contribution in [1.29, 1.82) is 0 Å². The molecule has 0 spiro atoms. The molecule has 0 saturated carbocycles. The van der Waals surface area contributed by atoms with Gasteiger partial charge in [-0.1, -0.05) is 20.8 Å². The van der Waals surface area contributed by atoms with E-state index < -0.39 is 5.97 Å². The van der Waals surface area contributed by atoms with Crippen LogP contribution in [0.5, 0.6) is 11.8 Å². The summed E-state index contributed by atoms with van der Waals surface area (Å²) >= 11 is 0. The SMILES string of the molecule is COc1cc(OC)nc(NC(CC(=O)O)CC(C)(C)C)n1. The molecule has 1 aromatic heterocycles. The second kappa shape index (κ2) is 7.10. The van der Waals surface area contributed by atoms with E-state index in [1.165, 1.54) is 14.2 Å². The number of nitrogens with one attached hydrogen (secondary N) is 1. The highest BCUT2D eigenvalue weighted by Gasteiger charge is 2.22. The van der Waals surface area contributed by atoms with Crippen molar-refractivity contribution < 1.29 is 19.4 Å². The van der Waals surface area contributed by atoms with Gasteiger partial charge in [-0.3, -0.25) is 4.79 Å². The molecule has 0 radical (unpaired) electrons. The minimum absolute atomic E-state index is 0.0137. The van der Waals surface area contributed by atoms with Crippen LogP contribution in [-0.4, -0.2) is 41.3 Å². The van der Waals surface area contributed by atoms with E-state index in [-0.39, 0.29) is 17.9 Å². The number of anilines is 1. The molecule has 0 aliphatic heterocycles. The predicted molar refractivity (Wildman–Crippen MR) is 78.9 cm³/mol. The van der Waals surface area contributed by atoms with Crippen molar-refractivity contribution >= 4 is 11.9 Å². The molecule has 1 atom stereocenters. The Morgan fingerprint density at radius 3 is 2.19 bits per heavy atom. The fourth-order valence-electron chi connectivity index (χ4n) is 1.98. The number of aliphatic carboxylic acids is 1. The van der Waals surface area contributed by atoms with Gasteiger partial charge in [-0.2, -0.15) is 9.97 Å². The molecular weight excluding hydrogens is 274 g/mol. The summed E-state index contributed by atoms with van der Waals surface area (Å²) in [5.41, 5.74) is -0.0178. The zero-order valence-electron chi connectivity index (χ0n) is 13.1. The van der Waals surface area contributed by atoms with Gasteiger partial charge in [0.25, 0.3) is 0 Å². The van der Waals surface area contributed by atoms with Crippen molar-refractivity contribution in [3.8, 4) is 11.8 Å². The highest BCUT2D eigenvalue weighted by molar-refractivity contribution is 5.68. The van der Waals surface area contributed by atoms with Gasteiger partial charge in [0.1, 0.15) is 0 Å². The van der Waals surface area contributed by atoms with E-state index in [0.717, 1.165) is 0 Å². The Morgan fingerprint density at radius 2 is 1.81 bits per heavy atom. The quantitative estimate of drug-likeness (QED) is 0.796. The number of methoxy groups -OCH3 is 2. The van der Waals surface area contributed by atoms with Crippen LogP contribution in [-0.2, 0) is 4.79 Å². The second-order valence-electron chi connectivity index (χ2n) is 5.98. The first kappa shape index (κ1) is 17.0. The molecule has 21 heavy (non-hydrogen) atoms. The first-order chi connectivity index (χ1) is 9.73. The third kappa shape index (κ3) is 6.29. The molecule has 1 aromatic rings. The summed E-state index contributed by atoms with van der Waals surface area (Å²) in [4.78, 5) is 19.3. The number of carbonyl (C=O) groups is 1. The minimum atomic E-state index is -0.869. The van der Waals surface area contributed by atoms with Crippen LogP contribution in [0.4, 0.5) is 5.95 Å². The molecule has 0 aromatic carbocycles. The van der Waals surface area contributed by atoms with Crippen LogP contribution in [0.25, 0.3) is 0 Å². The molecule has 0 aliphatic carbocycles. The topological polar surface area (TPSA) is 93.6 Å². The van der Waals surface area contributed by atoms with E-state index in [0.29, 0.717) is 24.1 Å². The second-order valence-corrected chi connectivity index (χ2v) is 5.98. The summed E-state index contributed by atoms with van der Waals surface area (Å²) < 4.78 is 10.1. The maximum absolute atomic E-state index is 11.0. The van der Waals surface area contributed by atoms with Gasteiger partial charge in [-0.05, 0) is 11.8 Å². The summed E-state index contributed by atoms with van der Waals surface area (Å²) in [6, 6.07) is 1.28. The van der Waals surface area contributed by atoms with Crippen molar-refractivity contribution in [3.63, 3.8) is 0 Å². The molecule has 1 rings (SSSR count). The summed E-state index contributed by atoms with van der Waals surface area (Å²) in [6.45, 7) is 6.16. The Balaban J connectivity index is 2.93. The van der Waals surface area contributed by atoms with Crippen LogP contribution < -0.4 is 14.8 Å². The van der Waals surface area contributed by atoms with Gasteiger partial charge in [0.2, 0.25) is 17.7 Å². The molecule has 0 amide bonds. The molecule has 7 nitrogen and oxygen atoms in total. The van der Waals surface area contributed by atoms with Crippen molar-refractivity contribution in [2.75, 3.05) is 19.5 Å². The fraction of sp³-hybridized carbons (Fsp3) is 0.643. The average molecular weight is 297 g/mol. The largest absolute Gasteiger partial charge is 0.481 e. The summed E-state index contributed by atoms with van der Waals surface area (Å²) in [7, 11) is 2.99. The van der Waals surface area contributed by atoms with Gasteiger partial charge in [-0.25, -0.2) is 0 Å². The highest BCUT2D eigenvalue weighted by atomic mass is 16.5. The maximum Gasteiger partial charge on any atom is 0.305 e. The van der Waals surface area contributed by atoms with Crippen LogP contribution >= 0.6 is 0 Å². The molecule has 0 aliphatic rings. The molecule has 7 heteroatoms. The Labute approximate surface area is 124 Å². The van der Waals surface area contributed by atoms with Crippen LogP contribution in [0.1, 0.15) is 33.6 Å². The minimum Gasteiger partial charge on any atom is -0.481 e. The van der Waals surface area contributed by atoms with Crippen LogP contribution in [0.15, 0.2) is 6.07 Å². The molecule has 1 unspecified atom stereocenters. The van der Waals surface area contributed by atoms with Gasteiger partial charge in [0.05, 0.1) is 26.7 Å². The standard InChI is InChI=1S/C14H23N3O4/c1-14(2,3)8-9(6-12(18)19)15-13-16-10(20-4)7-11(17-13)21-5/h7,9H,6,8H2,1-5H3,(H,18,19)(H,15,16,17). The van der Waals surface area contributed by atoms with E-state index in [1.54, 1.807) is 6.07 Å². The van der Waals surface area contributed by atoms with Gasteiger partial charge < -0.3 is 19.9 Å². The zero-order chi connectivity index (χ0) is 16.0. The zero-order valence-corrected chi connectivity index (χ0v) is 13.1. The van der Waals surface area contributed by atoms with Gasteiger partial charge in [-0.15, -0.1) is 0 Å². The van der Waals surface area contributed by atoms with Crippen LogP contribution in [0.2, 0.25) is 0 Å². The van der Waals surface area contributed by atoms with Crippen molar-refractivity contribution in [2.45, 2.75) is 39.7 Å². The molecule has 0 fully saturated rings. The summed E-state index contributed by atoms with van der Waals surface area (Å²) in [5, 5.41) is 12.1. The average Bonchev–Trinajstić information content (AvgIpc) is 2.35. The number of ether oxygens (including phenoxy) is 2. The lowest BCUT2D eigenvalue weighted by Crippen LogP contribution is -2.29. The lowest BCUT2D eigenvalue weighted by atomic mass is 9.87. The Kier molecular flexibility index (Phi) is 5.75. The molecule has 1 heterocycles. The smallest absolute Gasteiger partial charge is 0.305 e. The van der Waals surface area contributed by atoms with E-state index in [2.05, 4.69) is 36.1 Å².